The van der Waals surface area contributed by atoms with E-state index in [9.17, 15) is 4.79 Å². The highest BCUT2D eigenvalue weighted by Gasteiger charge is 2.19. The van der Waals surface area contributed by atoms with Crippen LogP contribution in [-0.2, 0) is 11.2 Å². The topological polar surface area (TPSA) is 32.3 Å². The summed E-state index contributed by atoms with van der Waals surface area (Å²) in [5.41, 5.74) is 1.24. The number of nitrogens with zero attached hydrogens (tertiary/aromatic N) is 1. The molecule has 0 spiro atoms. The van der Waals surface area contributed by atoms with Crippen LogP contribution in [0, 0.1) is 5.92 Å². The lowest BCUT2D eigenvalue weighted by molar-refractivity contribution is -0.134. The number of benzene rings is 1. The predicted octanol–water partition coefficient (Wildman–Crippen LogP) is 2.70. The lowest BCUT2D eigenvalue weighted by atomic mass is 10.0. The normalized spacial score (nSPS) is 12.2. The number of nitrogens with one attached hydrogen (secondary N) is 1. The molecule has 0 radical (unpaired) electrons. The molecule has 0 aliphatic heterocycles. The Balaban J connectivity index is 2.53. The number of likely N-dealkylation sites (N-methyl/N-ethyl adjacent to an activating group) is 1. The highest BCUT2D eigenvalue weighted by molar-refractivity contribution is 9.10. The minimum Gasteiger partial charge on any atom is -0.345 e. The third-order valence-electron chi connectivity index (χ3n) is 3.34. The van der Waals surface area contributed by atoms with Crippen LogP contribution >= 0.6 is 15.9 Å². The predicted molar refractivity (Wildman–Crippen MR) is 83.2 cm³/mol. The van der Waals surface area contributed by atoms with E-state index in [1.165, 1.54) is 5.56 Å². The highest BCUT2D eigenvalue weighted by atomic mass is 79.9. The van der Waals surface area contributed by atoms with Crippen molar-refractivity contribution in [1.82, 2.24) is 10.2 Å². The molecule has 1 rings (SSSR count). The summed E-state index contributed by atoms with van der Waals surface area (Å²) in [6.07, 6.45) is 1.75. The summed E-state index contributed by atoms with van der Waals surface area (Å²) in [5.74, 6) is 0.304. The Labute approximate surface area is 124 Å². The monoisotopic (exact) mass is 326 g/mol. The Morgan fingerprint density at radius 2 is 2.11 bits per heavy atom. The second kappa shape index (κ2) is 8.33. The molecule has 1 aromatic carbocycles. The number of halogens is 1. The Kier molecular flexibility index (Phi) is 7.10. The van der Waals surface area contributed by atoms with Gasteiger partial charge in [0.15, 0.2) is 0 Å². The molecule has 1 atom stereocenters. The summed E-state index contributed by atoms with van der Waals surface area (Å²) in [4.78, 5) is 14.1. The van der Waals surface area contributed by atoms with Crippen molar-refractivity contribution in [3.63, 3.8) is 0 Å². The fourth-order valence-electron chi connectivity index (χ4n) is 2.06. The quantitative estimate of drug-likeness (QED) is 0.835. The molecule has 0 saturated carbocycles. The summed E-state index contributed by atoms with van der Waals surface area (Å²) in [6.45, 7) is 3.55. The second-order valence-electron chi connectivity index (χ2n) is 4.76. The van der Waals surface area contributed by atoms with Crippen LogP contribution in [0.15, 0.2) is 28.7 Å². The summed E-state index contributed by atoms with van der Waals surface area (Å²) < 4.78 is 1.11. The van der Waals surface area contributed by atoms with E-state index >= 15 is 0 Å². The van der Waals surface area contributed by atoms with Crippen molar-refractivity contribution >= 4 is 21.8 Å². The first-order valence-electron chi connectivity index (χ1n) is 6.73. The van der Waals surface area contributed by atoms with Gasteiger partial charge in [-0.2, -0.15) is 0 Å². The molecule has 1 unspecified atom stereocenters. The highest BCUT2D eigenvalue weighted by Crippen LogP contribution is 2.17. The van der Waals surface area contributed by atoms with Crippen molar-refractivity contribution in [2.24, 2.45) is 5.92 Å². The molecule has 0 aliphatic rings. The summed E-state index contributed by atoms with van der Waals surface area (Å²) >= 11 is 3.54. The average Bonchev–Trinajstić information content (AvgIpc) is 2.42. The van der Waals surface area contributed by atoms with Crippen molar-refractivity contribution in [2.45, 2.75) is 19.8 Å². The van der Waals surface area contributed by atoms with Gasteiger partial charge < -0.3 is 10.2 Å². The maximum absolute atomic E-state index is 12.2. The molecule has 0 fully saturated rings. The molecular formula is C15H23BrN2O. The van der Waals surface area contributed by atoms with E-state index in [1.807, 2.05) is 37.2 Å². The van der Waals surface area contributed by atoms with Crippen molar-refractivity contribution in [3.05, 3.63) is 34.3 Å². The minimum atomic E-state index is 0.0780. The van der Waals surface area contributed by atoms with Gasteiger partial charge in [-0.25, -0.2) is 0 Å². The Morgan fingerprint density at radius 3 is 2.68 bits per heavy atom. The van der Waals surface area contributed by atoms with Gasteiger partial charge in [-0.1, -0.05) is 41.1 Å². The maximum Gasteiger partial charge on any atom is 0.226 e. The van der Waals surface area contributed by atoms with Crippen LogP contribution in [0.4, 0.5) is 0 Å². The first-order chi connectivity index (χ1) is 9.10. The van der Waals surface area contributed by atoms with Gasteiger partial charge in [0.2, 0.25) is 5.91 Å². The summed E-state index contributed by atoms with van der Waals surface area (Å²) in [7, 11) is 3.77. The Morgan fingerprint density at radius 1 is 1.42 bits per heavy atom. The van der Waals surface area contributed by atoms with Gasteiger partial charge in [0.1, 0.15) is 0 Å². The zero-order valence-corrected chi connectivity index (χ0v) is 13.5. The molecule has 0 heterocycles. The zero-order valence-electron chi connectivity index (χ0n) is 11.9. The van der Waals surface area contributed by atoms with E-state index in [4.69, 9.17) is 0 Å². The molecular weight excluding hydrogens is 304 g/mol. The number of carbonyl (C=O) groups excluding carboxylic acids is 1. The van der Waals surface area contributed by atoms with Gasteiger partial charge in [-0.05, 0) is 31.5 Å². The van der Waals surface area contributed by atoms with E-state index in [0.717, 1.165) is 30.4 Å². The van der Waals surface area contributed by atoms with Crippen molar-refractivity contribution in [3.8, 4) is 0 Å². The van der Waals surface area contributed by atoms with Gasteiger partial charge >= 0.3 is 0 Å². The standard InChI is InChI=1S/C15H23BrN2O/c1-4-12(11-17-2)15(19)18(3)10-9-13-7-5-6-8-14(13)16/h5-8,12,17H,4,9-11H2,1-3H3. The molecule has 1 amide bonds. The largest absolute Gasteiger partial charge is 0.345 e. The maximum atomic E-state index is 12.2. The van der Waals surface area contributed by atoms with Crippen LogP contribution < -0.4 is 5.32 Å². The molecule has 19 heavy (non-hydrogen) atoms. The smallest absolute Gasteiger partial charge is 0.226 e. The lowest BCUT2D eigenvalue weighted by Crippen LogP contribution is -2.38. The second-order valence-corrected chi connectivity index (χ2v) is 5.62. The fraction of sp³-hybridized carbons (Fsp3) is 0.533. The molecule has 0 saturated heterocycles. The number of amides is 1. The van der Waals surface area contributed by atoms with Crippen LogP contribution in [-0.4, -0.2) is 38.0 Å². The van der Waals surface area contributed by atoms with Crippen molar-refractivity contribution < 1.29 is 4.79 Å². The van der Waals surface area contributed by atoms with E-state index in [0.29, 0.717) is 0 Å². The first kappa shape index (κ1) is 16.2. The summed E-state index contributed by atoms with van der Waals surface area (Å²) in [6, 6.07) is 8.15. The third-order valence-corrected chi connectivity index (χ3v) is 4.12. The van der Waals surface area contributed by atoms with E-state index in [1.54, 1.807) is 0 Å². The SMILES string of the molecule is CCC(CNC)C(=O)N(C)CCc1ccccc1Br. The van der Waals surface area contributed by atoms with E-state index < -0.39 is 0 Å². The summed E-state index contributed by atoms with van der Waals surface area (Å²) in [5, 5.41) is 3.08. The van der Waals surface area contributed by atoms with Crippen molar-refractivity contribution in [2.75, 3.05) is 27.2 Å². The number of hydrogen-bond acceptors (Lipinski definition) is 2. The molecule has 4 heteroatoms. The minimum absolute atomic E-state index is 0.0780. The van der Waals surface area contributed by atoms with Gasteiger partial charge in [-0.3, -0.25) is 4.79 Å². The molecule has 3 nitrogen and oxygen atoms in total. The third kappa shape index (κ3) is 4.96. The number of carbonyl (C=O) groups is 1. The van der Waals surface area contributed by atoms with Crippen LogP contribution in [0.25, 0.3) is 0 Å². The molecule has 1 aromatic rings. The van der Waals surface area contributed by atoms with Gasteiger partial charge in [-0.15, -0.1) is 0 Å². The first-order valence-corrected chi connectivity index (χ1v) is 7.52. The number of rotatable bonds is 7. The van der Waals surface area contributed by atoms with Crippen LogP contribution in [0.5, 0.6) is 0 Å². The molecule has 0 bridgehead atoms. The van der Waals surface area contributed by atoms with E-state index in [-0.39, 0.29) is 11.8 Å². The zero-order chi connectivity index (χ0) is 14.3. The van der Waals surface area contributed by atoms with Crippen molar-refractivity contribution in [1.29, 1.82) is 0 Å². The van der Waals surface area contributed by atoms with Crippen LogP contribution in [0.2, 0.25) is 0 Å². The molecule has 0 aliphatic carbocycles. The Hall–Kier alpha value is -0.870. The van der Waals surface area contributed by atoms with Gasteiger partial charge in [0.25, 0.3) is 0 Å². The fourth-order valence-corrected chi connectivity index (χ4v) is 2.55. The van der Waals surface area contributed by atoms with Crippen LogP contribution in [0.3, 0.4) is 0 Å². The average molecular weight is 327 g/mol. The van der Waals surface area contributed by atoms with E-state index in [2.05, 4.69) is 34.2 Å². The molecule has 106 valence electrons. The van der Waals surface area contributed by atoms with Gasteiger partial charge in [0, 0.05) is 24.6 Å². The lowest BCUT2D eigenvalue weighted by Gasteiger charge is -2.23. The van der Waals surface area contributed by atoms with Crippen LogP contribution in [0.1, 0.15) is 18.9 Å². The molecule has 0 aromatic heterocycles. The van der Waals surface area contributed by atoms with Gasteiger partial charge in [0.05, 0.1) is 5.92 Å². The number of hydrogen-bond donors (Lipinski definition) is 1. The Bertz CT molecular complexity index is 409. The molecule has 1 N–H and O–H groups in total.